The zero-order chi connectivity index (χ0) is 15.9. The lowest BCUT2D eigenvalue weighted by Gasteiger charge is -2.36. The van der Waals surface area contributed by atoms with E-state index in [-0.39, 0.29) is 18.5 Å². The van der Waals surface area contributed by atoms with Gasteiger partial charge >= 0.3 is 6.03 Å². The van der Waals surface area contributed by atoms with Crippen LogP contribution in [0.3, 0.4) is 0 Å². The van der Waals surface area contributed by atoms with Gasteiger partial charge in [-0.3, -0.25) is 4.79 Å². The molecule has 0 bridgehead atoms. The van der Waals surface area contributed by atoms with Crippen LogP contribution in [0, 0.1) is 0 Å². The van der Waals surface area contributed by atoms with Crippen molar-refractivity contribution in [1.29, 1.82) is 0 Å². The summed E-state index contributed by atoms with van der Waals surface area (Å²) >= 11 is 0. The summed E-state index contributed by atoms with van der Waals surface area (Å²) in [6, 6.07) is 7.55. The number of piperazine rings is 1. The molecule has 2 rings (SSSR count). The fourth-order valence-electron chi connectivity index (χ4n) is 2.38. The van der Waals surface area contributed by atoms with Gasteiger partial charge in [-0.05, 0) is 12.1 Å². The van der Waals surface area contributed by atoms with Crippen molar-refractivity contribution in [2.45, 2.75) is 0 Å². The summed E-state index contributed by atoms with van der Waals surface area (Å²) in [5.41, 5.74) is 1.09. The van der Waals surface area contributed by atoms with E-state index in [4.69, 9.17) is 4.74 Å². The number of urea groups is 1. The maximum atomic E-state index is 12.0. The number of nitrogens with one attached hydrogen (secondary N) is 2. The first-order chi connectivity index (χ1) is 10.6. The van der Waals surface area contributed by atoms with Crippen LogP contribution in [0.4, 0.5) is 10.5 Å². The average molecular weight is 306 g/mol. The Morgan fingerprint density at radius 3 is 2.59 bits per heavy atom. The van der Waals surface area contributed by atoms with Gasteiger partial charge in [0.15, 0.2) is 0 Å². The third kappa shape index (κ3) is 4.03. The second kappa shape index (κ2) is 7.53. The number of ether oxygens (including phenoxy) is 1. The molecule has 0 aliphatic carbocycles. The van der Waals surface area contributed by atoms with Gasteiger partial charge in [-0.25, -0.2) is 4.79 Å². The highest BCUT2D eigenvalue weighted by atomic mass is 16.5. The SMILES string of the molecule is CNC(=O)NCC(=O)N1CCN(c2cccc(OC)c2)CC1. The first-order valence-electron chi connectivity index (χ1n) is 7.26. The van der Waals surface area contributed by atoms with Crippen molar-refractivity contribution in [1.82, 2.24) is 15.5 Å². The predicted molar refractivity (Wildman–Crippen MR) is 84.2 cm³/mol. The van der Waals surface area contributed by atoms with E-state index in [1.165, 1.54) is 7.05 Å². The molecule has 2 N–H and O–H groups in total. The molecule has 0 radical (unpaired) electrons. The molecule has 120 valence electrons. The van der Waals surface area contributed by atoms with E-state index in [0.717, 1.165) is 24.5 Å². The molecule has 0 saturated carbocycles. The van der Waals surface area contributed by atoms with E-state index in [9.17, 15) is 9.59 Å². The number of carbonyl (C=O) groups is 2. The number of nitrogens with zero attached hydrogens (tertiary/aromatic N) is 2. The molecule has 1 fully saturated rings. The van der Waals surface area contributed by atoms with Crippen LogP contribution in [0.1, 0.15) is 0 Å². The normalized spacial score (nSPS) is 14.5. The standard InChI is InChI=1S/C15H22N4O3/c1-16-15(21)17-11-14(20)19-8-6-18(7-9-19)12-4-3-5-13(10-12)22-2/h3-5,10H,6-9,11H2,1-2H3,(H2,16,17,21). The molecule has 0 spiro atoms. The quantitative estimate of drug-likeness (QED) is 0.837. The zero-order valence-corrected chi connectivity index (χ0v) is 13.0. The van der Waals surface area contributed by atoms with Crippen LogP contribution in [0.15, 0.2) is 24.3 Å². The van der Waals surface area contributed by atoms with Gasteiger partial charge in [-0.15, -0.1) is 0 Å². The number of hydrogen-bond donors (Lipinski definition) is 2. The monoisotopic (exact) mass is 306 g/mol. The minimum Gasteiger partial charge on any atom is -0.497 e. The van der Waals surface area contributed by atoms with Gasteiger partial charge in [0, 0.05) is 45.0 Å². The molecule has 1 aliphatic rings. The highest BCUT2D eigenvalue weighted by molar-refractivity contribution is 5.84. The highest BCUT2D eigenvalue weighted by Gasteiger charge is 2.21. The molecule has 1 aromatic carbocycles. The maximum absolute atomic E-state index is 12.0. The van der Waals surface area contributed by atoms with Crippen molar-refractivity contribution >= 4 is 17.6 Å². The van der Waals surface area contributed by atoms with E-state index < -0.39 is 0 Å². The van der Waals surface area contributed by atoms with Crippen molar-refractivity contribution in [3.8, 4) is 5.75 Å². The number of rotatable bonds is 4. The van der Waals surface area contributed by atoms with Crippen LogP contribution in [0.2, 0.25) is 0 Å². The van der Waals surface area contributed by atoms with E-state index in [1.54, 1.807) is 12.0 Å². The zero-order valence-electron chi connectivity index (χ0n) is 13.0. The Labute approximate surface area is 130 Å². The highest BCUT2D eigenvalue weighted by Crippen LogP contribution is 2.22. The van der Waals surface area contributed by atoms with E-state index in [2.05, 4.69) is 15.5 Å². The lowest BCUT2D eigenvalue weighted by atomic mass is 10.2. The molecule has 0 aromatic heterocycles. The Morgan fingerprint density at radius 1 is 1.23 bits per heavy atom. The number of anilines is 1. The summed E-state index contributed by atoms with van der Waals surface area (Å²) in [4.78, 5) is 27.1. The van der Waals surface area contributed by atoms with E-state index in [0.29, 0.717) is 13.1 Å². The lowest BCUT2D eigenvalue weighted by Crippen LogP contribution is -2.51. The molecule has 1 heterocycles. The van der Waals surface area contributed by atoms with Crippen molar-refractivity contribution in [2.75, 3.05) is 51.8 Å². The number of methoxy groups -OCH3 is 1. The molecule has 7 nitrogen and oxygen atoms in total. The second-order valence-electron chi connectivity index (χ2n) is 5.00. The van der Waals surface area contributed by atoms with Crippen LogP contribution >= 0.6 is 0 Å². The van der Waals surface area contributed by atoms with Gasteiger partial charge in [0.1, 0.15) is 5.75 Å². The number of amides is 3. The number of hydrogen-bond acceptors (Lipinski definition) is 4. The van der Waals surface area contributed by atoms with Gasteiger partial charge < -0.3 is 25.2 Å². The van der Waals surface area contributed by atoms with Crippen LogP contribution < -0.4 is 20.3 Å². The van der Waals surface area contributed by atoms with Gasteiger partial charge in [-0.1, -0.05) is 6.07 Å². The Bertz CT molecular complexity index is 527. The summed E-state index contributed by atoms with van der Waals surface area (Å²) in [6.07, 6.45) is 0. The fraction of sp³-hybridized carbons (Fsp3) is 0.467. The fourth-order valence-corrected chi connectivity index (χ4v) is 2.38. The van der Waals surface area contributed by atoms with Gasteiger partial charge in [-0.2, -0.15) is 0 Å². The first-order valence-corrected chi connectivity index (χ1v) is 7.26. The second-order valence-corrected chi connectivity index (χ2v) is 5.00. The minimum absolute atomic E-state index is 0.0266. The van der Waals surface area contributed by atoms with E-state index in [1.807, 2.05) is 24.3 Å². The van der Waals surface area contributed by atoms with Crippen LogP contribution in [-0.4, -0.2) is 63.7 Å². The third-order valence-corrected chi connectivity index (χ3v) is 3.68. The molecule has 1 saturated heterocycles. The average Bonchev–Trinajstić information content (AvgIpc) is 2.59. The first kappa shape index (κ1) is 15.9. The Morgan fingerprint density at radius 2 is 1.95 bits per heavy atom. The summed E-state index contributed by atoms with van der Waals surface area (Å²) < 4.78 is 5.23. The van der Waals surface area contributed by atoms with Crippen molar-refractivity contribution < 1.29 is 14.3 Å². The summed E-state index contributed by atoms with van der Waals surface area (Å²) in [7, 11) is 3.17. The van der Waals surface area contributed by atoms with Crippen LogP contribution in [-0.2, 0) is 4.79 Å². The van der Waals surface area contributed by atoms with Crippen molar-refractivity contribution in [2.24, 2.45) is 0 Å². The molecule has 7 heteroatoms. The molecule has 3 amide bonds. The summed E-state index contributed by atoms with van der Waals surface area (Å²) in [6.45, 7) is 2.84. The minimum atomic E-state index is -0.344. The molecule has 22 heavy (non-hydrogen) atoms. The number of benzene rings is 1. The molecule has 0 unspecified atom stereocenters. The molecule has 1 aliphatic heterocycles. The molecular formula is C15H22N4O3. The third-order valence-electron chi connectivity index (χ3n) is 3.68. The maximum Gasteiger partial charge on any atom is 0.314 e. The topological polar surface area (TPSA) is 73.9 Å². The van der Waals surface area contributed by atoms with Gasteiger partial charge in [0.25, 0.3) is 0 Å². The Hall–Kier alpha value is -2.44. The van der Waals surface area contributed by atoms with Crippen molar-refractivity contribution in [3.05, 3.63) is 24.3 Å². The molecule has 0 atom stereocenters. The molecular weight excluding hydrogens is 284 g/mol. The number of carbonyl (C=O) groups excluding carboxylic acids is 2. The Kier molecular flexibility index (Phi) is 5.46. The van der Waals surface area contributed by atoms with Crippen molar-refractivity contribution in [3.63, 3.8) is 0 Å². The predicted octanol–water partition coefficient (Wildman–Crippen LogP) is 0.273. The molecule has 1 aromatic rings. The van der Waals surface area contributed by atoms with Crippen LogP contribution in [0.25, 0.3) is 0 Å². The summed E-state index contributed by atoms with van der Waals surface area (Å²) in [5, 5.41) is 4.94. The largest absolute Gasteiger partial charge is 0.497 e. The van der Waals surface area contributed by atoms with Gasteiger partial charge in [0.2, 0.25) is 5.91 Å². The smallest absolute Gasteiger partial charge is 0.314 e. The van der Waals surface area contributed by atoms with Crippen LogP contribution in [0.5, 0.6) is 5.75 Å². The summed E-state index contributed by atoms with van der Waals surface area (Å²) in [5.74, 6) is 0.764. The van der Waals surface area contributed by atoms with Gasteiger partial charge in [0.05, 0.1) is 13.7 Å². The lowest BCUT2D eigenvalue weighted by molar-refractivity contribution is -0.130. The van der Waals surface area contributed by atoms with E-state index >= 15 is 0 Å². The Balaban J connectivity index is 1.84.